The lowest BCUT2D eigenvalue weighted by Gasteiger charge is -2.23. The Bertz CT molecular complexity index is 499. The fourth-order valence-electron chi connectivity index (χ4n) is 2.48. The van der Waals surface area contributed by atoms with Crippen molar-refractivity contribution < 1.29 is 13.9 Å². The van der Waals surface area contributed by atoms with Crippen LogP contribution in [-0.2, 0) is 4.74 Å². The third-order valence-electron chi connectivity index (χ3n) is 3.73. The number of hydrogen-bond donors (Lipinski definition) is 2. The standard InChI is InChI=1S/C16H23FN2O2/c1-3-9-18-14-12(6-4-7-13(14)17)15(20)19-11-16(2)8-5-10-21-16/h4,6-7,18H,3,5,8-11H2,1-2H3,(H,19,20). The van der Waals surface area contributed by atoms with Crippen LogP contribution >= 0.6 is 0 Å². The van der Waals surface area contributed by atoms with Crippen LogP contribution in [0, 0.1) is 5.82 Å². The van der Waals surface area contributed by atoms with Gasteiger partial charge in [-0.25, -0.2) is 4.39 Å². The topological polar surface area (TPSA) is 50.4 Å². The molecule has 5 heteroatoms. The number of hydrogen-bond acceptors (Lipinski definition) is 3. The van der Waals surface area contributed by atoms with Gasteiger partial charge in [-0.3, -0.25) is 4.79 Å². The number of amides is 1. The summed E-state index contributed by atoms with van der Waals surface area (Å²) in [5.74, 6) is -0.677. The number of ether oxygens (including phenoxy) is 1. The van der Waals surface area contributed by atoms with Crippen molar-refractivity contribution in [3.05, 3.63) is 29.6 Å². The van der Waals surface area contributed by atoms with Crippen molar-refractivity contribution in [1.29, 1.82) is 0 Å². The highest BCUT2D eigenvalue weighted by atomic mass is 19.1. The maximum atomic E-state index is 13.9. The molecule has 1 amide bonds. The van der Waals surface area contributed by atoms with E-state index in [4.69, 9.17) is 4.74 Å². The van der Waals surface area contributed by atoms with Crippen molar-refractivity contribution in [2.45, 2.75) is 38.7 Å². The number of nitrogens with one attached hydrogen (secondary N) is 2. The largest absolute Gasteiger partial charge is 0.382 e. The molecule has 1 aliphatic rings. The Balaban J connectivity index is 2.06. The molecule has 0 spiro atoms. The molecule has 0 aromatic heterocycles. The van der Waals surface area contributed by atoms with Gasteiger partial charge in [0.2, 0.25) is 0 Å². The van der Waals surface area contributed by atoms with E-state index in [-0.39, 0.29) is 17.2 Å². The third-order valence-corrected chi connectivity index (χ3v) is 3.73. The zero-order valence-electron chi connectivity index (χ0n) is 12.7. The Kier molecular flexibility index (Phi) is 5.17. The van der Waals surface area contributed by atoms with Crippen LogP contribution < -0.4 is 10.6 Å². The molecular formula is C16H23FN2O2. The van der Waals surface area contributed by atoms with Crippen LogP contribution in [0.15, 0.2) is 18.2 Å². The van der Waals surface area contributed by atoms with Crippen molar-refractivity contribution in [2.24, 2.45) is 0 Å². The average molecular weight is 294 g/mol. The van der Waals surface area contributed by atoms with Crippen molar-refractivity contribution >= 4 is 11.6 Å². The summed E-state index contributed by atoms with van der Waals surface area (Å²) in [7, 11) is 0. The summed E-state index contributed by atoms with van der Waals surface area (Å²) >= 11 is 0. The van der Waals surface area contributed by atoms with E-state index < -0.39 is 5.82 Å². The second kappa shape index (κ2) is 6.89. The molecule has 1 atom stereocenters. The van der Waals surface area contributed by atoms with Crippen LogP contribution in [0.25, 0.3) is 0 Å². The van der Waals surface area contributed by atoms with E-state index in [2.05, 4.69) is 10.6 Å². The van der Waals surface area contributed by atoms with Crippen LogP contribution in [-0.4, -0.2) is 31.2 Å². The highest BCUT2D eigenvalue weighted by molar-refractivity contribution is 5.99. The predicted octanol–water partition coefficient (Wildman–Crippen LogP) is 2.95. The van der Waals surface area contributed by atoms with Gasteiger partial charge in [-0.15, -0.1) is 0 Å². The van der Waals surface area contributed by atoms with E-state index in [0.717, 1.165) is 25.9 Å². The molecule has 0 bridgehead atoms. The van der Waals surface area contributed by atoms with Crippen molar-refractivity contribution in [1.82, 2.24) is 5.32 Å². The van der Waals surface area contributed by atoms with Gasteiger partial charge in [-0.05, 0) is 38.3 Å². The van der Waals surface area contributed by atoms with Crippen LogP contribution in [0.1, 0.15) is 43.5 Å². The highest BCUT2D eigenvalue weighted by Gasteiger charge is 2.30. The molecule has 0 aliphatic carbocycles. The number of carbonyl (C=O) groups is 1. The van der Waals surface area contributed by atoms with E-state index in [9.17, 15) is 9.18 Å². The first kappa shape index (κ1) is 15.8. The minimum Gasteiger partial charge on any atom is -0.382 e. The van der Waals surface area contributed by atoms with Crippen LogP contribution in [0.5, 0.6) is 0 Å². The molecular weight excluding hydrogens is 271 g/mol. The third kappa shape index (κ3) is 3.94. The van der Waals surface area contributed by atoms with E-state index in [1.54, 1.807) is 12.1 Å². The summed E-state index contributed by atoms with van der Waals surface area (Å²) in [5, 5.41) is 5.84. The normalized spacial score (nSPS) is 21.3. The van der Waals surface area contributed by atoms with E-state index >= 15 is 0 Å². The number of benzene rings is 1. The van der Waals surface area contributed by atoms with E-state index in [1.165, 1.54) is 6.07 Å². The predicted molar refractivity (Wildman–Crippen MR) is 81.1 cm³/mol. The molecule has 1 fully saturated rings. The molecule has 1 unspecified atom stereocenters. The first-order chi connectivity index (χ1) is 10.1. The van der Waals surface area contributed by atoms with Crippen molar-refractivity contribution in [2.75, 3.05) is 25.0 Å². The zero-order chi connectivity index (χ0) is 15.3. The van der Waals surface area contributed by atoms with Crippen molar-refractivity contribution in [3.63, 3.8) is 0 Å². The second-order valence-electron chi connectivity index (χ2n) is 5.67. The summed E-state index contributed by atoms with van der Waals surface area (Å²) in [4.78, 5) is 12.3. The van der Waals surface area contributed by atoms with Crippen LogP contribution in [0.2, 0.25) is 0 Å². The number of rotatable bonds is 6. The first-order valence-corrected chi connectivity index (χ1v) is 7.50. The SMILES string of the molecule is CCCNc1c(F)cccc1C(=O)NCC1(C)CCCO1. The van der Waals surface area contributed by atoms with Gasteiger partial charge in [0.05, 0.1) is 16.9 Å². The van der Waals surface area contributed by atoms with Gasteiger partial charge in [-0.1, -0.05) is 13.0 Å². The van der Waals surface area contributed by atoms with Gasteiger partial charge in [0.25, 0.3) is 5.91 Å². The number of para-hydroxylation sites is 1. The molecule has 1 aromatic rings. The Labute approximate surface area is 125 Å². The Morgan fingerprint density at radius 1 is 1.48 bits per heavy atom. The molecule has 116 valence electrons. The molecule has 0 saturated carbocycles. The van der Waals surface area contributed by atoms with Gasteiger partial charge in [-0.2, -0.15) is 0 Å². The van der Waals surface area contributed by atoms with Gasteiger partial charge in [0.15, 0.2) is 0 Å². The molecule has 2 N–H and O–H groups in total. The quantitative estimate of drug-likeness (QED) is 0.848. The molecule has 1 aromatic carbocycles. The molecule has 1 saturated heterocycles. The molecule has 4 nitrogen and oxygen atoms in total. The number of halogens is 1. The highest BCUT2D eigenvalue weighted by Crippen LogP contribution is 2.25. The number of anilines is 1. The summed E-state index contributed by atoms with van der Waals surface area (Å²) in [6.07, 6.45) is 2.80. The summed E-state index contributed by atoms with van der Waals surface area (Å²) < 4.78 is 19.5. The molecule has 2 rings (SSSR count). The lowest BCUT2D eigenvalue weighted by atomic mass is 10.0. The summed E-state index contributed by atoms with van der Waals surface area (Å²) in [5.41, 5.74) is 0.305. The Hall–Kier alpha value is -1.62. The smallest absolute Gasteiger partial charge is 0.253 e. The molecule has 0 radical (unpaired) electrons. The maximum Gasteiger partial charge on any atom is 0.253 e. The summed E-state index contributed by atoms with van der Waals surface area (Å²) in [6.45, 7) is 5.78. The number of carbonyl (C=O) groups excluding carboxylic acids is 1. The van der Waals surface area contributed by atoms with E-state index in [0.29, 0.717) is 18.7 Å². The minimum atomic E-state index is -0.403. The average Bonchev–Trinajstić information content (AvgIpc) is 2.90. The van der Waals surface area contributed by atoms with E-state index in [1.807, 2.05) is 13.8 Å². The fourth-order valence-corrected chi connectivity index (χ4v) is 2.48. The van der Waals surface area contributed by atoms with Gasteiger partial charge in [0, 0.05) is 19.7 Å². The summed E-state index contributed by atoms with van der Waals surface area (Å²) in [6, 6.07) is 4.54. The van der Waals surface area contributed by atoms with Gasteiger partial charge < -0.3 is 15.4 Å². The molecule has 21 heavy (non-hydrogen) atoms. The van der Waals surface area contributed by atoms with Crippen LogP contribution in [0.4, 0.5) is 10.1 Å². The van der Waals surface area contributed by atoms with Crippen molar-refractivity contribution in [3.8, 4) is 0 Å². The second-order valence-corrected chi connectivity index (χ2v) is 5.67. The lowest BCUT2D eigenvalue weighted by Crippen LogP contribution is -2.40. The Morgan fingerprint density at radius 3 is 2.95 bits per heavy atom. The molecule has 1 heterocycles. The minimum absolute atomic E-state index is 0.273. The maximum absolute atomic E-state index is 13.9. The molecule has 1 aliphatic heterocycles. The first-order valence-electron chi connectivity index (χ1n) is 7.50. The monoisotopic (exact) mass is 294 g/mol. The van der Waals surface area contributed by atoms with Gasteiger partial charge >= 0.3 is 0 Å². The fraction of sp³-hybridized carbons (Fsp3) is 0.562. The zero-order valence-corrected chi connectivity index (χ0v) is 12.7. The lowest BCUT2D eigenvalue weighted by molar-refractivity contribution is 0.0206. The van der Waals surface area contributed by atoms with Gasteiger partial charge in [0.1, 0.15) is 5.82 Å². The Morgan fingerprint density at radius 2 is 2.29 bits per heavy atom. The van der Waals surface area contributed by atoms with Crippen LogP contribution in [0.3, 0.4) is 0 Å².